The number of fused-ring (bicyclic) bond motifs is 1. The number of carbonyl (C=O) groups is 1. The quantitative estimate of drug-likeness (QED) is 0.565. The topological polar surface area (TPSA) is 79.4 Å². The molecule has 0 bridgehead atoms. The predicted molar refractivity (Wildman–Crippen MR) is 122 cm³/mol. The van der Waals surface area contributed by atoms with Gasteiger partial charge in [-0.2, -0.15) is 4.31 Å². The second-order valence-electron chi connectivity index (χ2n) is 7.78. The van der Waals surface area contributed by atoms with Gasteiger partial charge in [0, 0.05) is 44.7 Å². The summed E-state index contributed by atoms with van der Waals surface area (Å²) in [6.07, 6.45) is 1.93. The highest BCUT2D eigenvalue weighted by Crippen LogP contribution is 2.32. The normalized spacial score (nSPS) is 16.5. The molecule has 0 spiro atoms. The van der Waals surface area contributed by atoms with Crippen LogP contribution in [0.5, 0.6) is 11.5 Å². The maximum atomic E-state index is 12.8. The fourth-order valence-electron chi connectivity index (χ4n) is 3.76. The van der Waals surface area contributed by atoms with Gasteiger partial charge in [0.05, 0.1) is 11.4 Å². The number of sulfonamides is 1. The summed E-state index contributed by atoms with van der Waals surface area (Å²) in [5.74, 6) is 1.35. The van der Waals surface area contributed by atoms with Crippen LogP contribution in [0.25, 0.3) is 0 Å². The lowest BCUT2D eigenvalue weighted by Crippen LogP contribution is -2.51. The van der Waals surface area contributed by atoms with Crippen molar-refractivity contribution in [1.82, 2.24) is 14.1 Å². The largest absolute Gasteiger partial charge is 0.454 e. The number of thioether (sulfide) groups is 1. The third kappa shape index (κ3) is 5.03. The molecule has 2 aromatic carbocycles. The fourth-order valence-corrected chi connectivity index (χ4v) is 5.28. The van der Waals surface area contributed by atoms with E-state index >= 15 is 0 Å². The molecule has 2 aliphatic heterocycles. The van der Waals surface area contributed by atoms with Crippen LogP contribution in [0.15, 0.2) is 52.3 Å². The molecule has 1 saturated heterocycles. The van der Waals surface area contributed by atoms with Crippen molar-refractivity contribution in [2.75, 3.05) is 52.8 Å². The summed E-state index contributed by atoms with van der Waals surface area (Å²) in [5, 5.41) is 0. The van der Waals surface area contributed by atoms with E-state index in [1.165, 1.54) is 7.05 Å². The SMILES string of the molecule is CSc1ccc(S(=O)(=O)N(C)CC(=O)N2CCN(Cc3ccc4c(c3)OCO4)CC2)cc1. The first-order valence-corrected chi connectivity index (χ1v) is 13.0. The average molecular weight is 478 g/mol. The highest BCUT2D eigenvalue weighted by molar-refractivity contribution is 7.98. The van der Waals surface area contributed by atoms with Crippen LogP contribution in [0.2, 0.25) is 0 Å². The third-order valence-electron chi connectivity index (χ3n) is 5.69. The van der Waals surface area contributed by atoms with Crippen molar-refractivity contribution >= 4 is 27.7 Å². The summed E-state index contributed by atoms with van der Waals surface area (Å²) >= 11 is 1.55. The van der Waals surface area contributed by atoms with Crippen molar-refractivity contribution in [2.24, 2.45) is 0 Å². The fraction of sp³-hybridized carbons (Fsp3) is 0.409. The summed E-state index contributed by atoms with van der Waals surface area (Å²) in [7, 11) is -2.26. The van der Waals surface area contributed by atoms with Crippen LogP contribution in [0.4, 0.5) is 0 Å². The molecule has 2 heterocycles. The number of hydrogen-bond acceptors (Lipinski definition) is 7. The van der Waals surface area contributed by atoms with Gasteiger partial charge in [0.1, 0.15) is 0 Å². The van der Waals surface area contributed by atoms with Crippen molar-refractivity contribution in [2.45, 2.75) is 16.3 Å². The van der Waals surface area contributed by atoms with E-state index in [0.717, 1.165) is 45.9 Å². The number of piperazine rings is 1. The van der Waals surface area contributed by atoms with Gasteiger partial charge < -0.3 is 14.4 Å². The van der Waals surface area contributed by atoms with Crippen molar-refractivity contribution in [1.29, 1.82) is 0 Å². The van der Waals surface area contributed by atoms with Crippen molar-refractivity contribution < 1.29 is 22.7 Å². The van der Waals surface area contributed by atoms with E-state index in [9.17, 15) is 13.2 Å². The third-order valence-corrected chi connectivity index (χ3v) is 8.25. The van der Waals surface area contributed by atoms with E-state index in [2.05, 4.69) is 4.90 Å². The van der Waals surface area contributed by atoms with Crippen LogP contribution >= 0.6 is 11.8 Å². The summed E-state index contributed by atoms with van der Waals surface area (Å²) in [5.41, 5.74) is 1.13. The van der Waals surface area contributed by atoms with Crippen molar-refractivity contribution in [3.63, 3.8) is 0 Å². The summed E-state index contributed by atoms with van der Waals surface area (Å²) < 4.78 is 37.5. The number of rotatable bonds is 7. The minimum absolute atomic E-state index is 0.172. The van der Waals surface area contributed by atoms with Gasteiger partial charge in [-0.15, -0.1) is 11.8 Å². The first-order chi connectivity index (χ1) is 15.4. The molecule has 0 atom stereocenters. The Kier molecular flexibility index (Phi) is 6.94. The molecular weight excluding hydrogens is 450 g/mol. The number of ether oxygens (including phenoxy) is 2. The summed E-state index contributed by atoms with van der Waals surface area (Å²) in [6.45, 7) is 3.44. The van der Waals surface area contributed by atoms with Gasteiger partial charge >= 0.3 is 0 Å². The van der Waals surface area contributed by atoms with Crippen LogP contribution in [0.3, 0.4) is 0 Å². The molecule has 32 heavy (non-hydrogen) atoms. The first kappa shape index (κ1) is 22.9. The highest BCUT2D eigenvalue weighted by atomic mass is 32.2. The van der Waals surface area contributed by atoms with E-state index in [4.69, 9.17) is 9.47 Å². The van der Waals surface area contributed by atoms with Crippen LogP contribution < -0.4 is 9.47 Å². The average Bonchev–Trinajstić information content (AvgIpc) is 3.27. The molecule has 8 nitrogen and oxygen atoms in total. The van der Waals surface area contributed by atoms with Gasteiger partial charge in [-0.25, -0.2) is 8.42 Å². The first-order valence-electron chi connectivity index (χ1n) is 10.4. The molecule has 0 saturated carbocycles. The molecule has 0 aliphatic carbocycles. The van der Waals surface area contributed by atoms with Gasteiger partial charge in [-0.1, -0.05) is 6.07 Å². The Morgan fingerprint density at radius 1 is 1.03 bits per heavy atom. The Bertz CT molecular complexity index is 1070. The van der Waals surface area contributed by atoms with E-state index < -0.39 is 10.0 Å². The van der Waals surface area contributed by atoms with Crippen molar-refractivity contribution in [3.8, 4) is 11.5 Å². The summed E-state index contributed by atoms with van der Waals surface area (Å²) in [6, 6.07) is 12.6. The predicted octanol–water partition coefficient (Wildman–Crippen LogP) is 2.10. The lowest BCUT2D eigenvalue weighted by atomic mass is 10.1. The zero-order valence-electron chi connectivity index (χ0n) is 18.2. The lowest BCUT2D eigenvalue weighted by Gasteiger charge is -2.35. The molecule has 0 aromatic heterocycles. The highest BCUT2D eigenvalue weighted by Gasteiger charge is 2.27. The zero-order valence-corrected chi connectivity index (χ0v) is 19.8. The van der Waals surface area contributed by atoms with E-state index in [1.807, 2.05) is 24.5 Å². The smallest absolute Gasteiger partial charge is 0.243 e. The van der Waals surface area contributed by atoms with Gasteiger partial charge in [0.2, 0.25) is 22.7 Å². The van der Waals surface area contributed by atoms with E-state index in [0.29, 0.717) is 13.1 Å². The Morgan fingerprint density at radius 3 is 2.41 bits per heavy atom. The van der Waals surface area contributed by atoms with Gasteiger partial charge in [-0.3, -0.25) is 9.69 Å². The van der Waals surface area contributed by atoms with E-state index in [-0.39, 0.29) is 24.1 Å². The molecule has 1 fully saturated rings. The minimum atomic E-state index is -3.71. The maximum Gasteiger partial charge on any atom is 0.243 e. The molecule has 0 radical (unpaired) electrons. The number of benzene rings is 2. The second-order valence-corrected chi connectivity index (χ2v) is 10.7. The lowest BCUT2D eigenvalue weighted by molar-refractivity contribution is -0.133. The number of nitrogens with zero attached hydrogens (tertiary/aromatic N) is 3. The molecule has 10 heteroatoms. The second kappa shape index (κ2) is 9.70. The van der Waals surface area contributed by atoms with Crippen LogP contribution in [-0.4, -0.2) is 81.3 Å². The molecular formula is C22H27N3O5S2. The van der Waals surface area contributed by atoms with Crippen molar-refractivity contribution in [3.05, 3.63) is 48.0 Å². The van der Waals surface area contributed by atoms with Crippen LogP contribution in [0.1, 0.15) is 5.56 Å². The Labute approximate surface area is 193 Å². The molecule has 2 aromatic rings. The molecule has 2 aliphatic rings. The minimum Gasteiger partial charge on any atom is -0.454 e. The summed E-state index contributed by atoms with van der Waals surface area (Å²) in [4.78, 5) is 17.9. The Balaban J connectivity index is 1.29. The molecule has 4 rings (SSSR count). The molecule has 0 unspecified atom stereocenters. The van der Waals surface area contributed by atoms with E-state index in [1.54, 1.807) is 40.9 Å². The maximum absolute atomic E-state index is 12.8. The Hall–Kier alpha value is -2.27. The number of likely N-dealkylation sites (N-methyl/N-ethyl adjacent to an activating group) is 1. The van der Waals surface area contributed by atoms with Crippen LogP contribution in [0, 0.1) is 0 Å². The number of carbonyl (C=O) groups excluding carboxylic acids is 1. The number of hydrogen-bond donors (Lipinski definition) is 0. The number of amides is 1. The molecule has 0 N–H and O–H groups in total. The molecule has 1 amide bonds. The van der Waals surface area contributed by atoms with Gasteiger partial charge in [0.15, 0.2) is 11.5 Å². The van der Waals surface area contributed by atoms with Gasteiger partial charge in [0.25, 0.3) is 0 Å². The zero-order chi connectivity index (χ0) is 22.7. The Morgan fingerprint density at radius 2 is 1.72 bits per heavy atom. The van der Waals surface area contributed by atoms with Gasteiger partial charge in [-0.05, 0) is 48.2 Å². The standard InChI is InChI=1S/C22H27N3O5S2/c1-23(32(27,28)19-6-4-18(31-2)5-7-19)15-22(26)25-11-9-24(10-12-25)14-17-3-8-20-21(13-17)30-16-29-20/h3-8,13H,9-12,14-16H2,1-2H3. The molecule has 172 valence electrons. The monoisotopic (exact) mass is 477 g/mol. The van der Waals surface area contributed by atoms with Crippen LogP contribution in [-0.2, 0) is 21.4 Å².